The lowest BCUT2D eigenvalue weighted by Gasteiger charge is -2.18. The fraction of sp³-hybridized carbons (Fsp3) is 0.167. The molecule has 0 fully saturated rings. The van der Waals surface area contributed by atoms with Crippen LogP contribution < -0.4 is 10.6 Å². The number of nitrogen functional groups attached to an aromatic ring is 1. The van der Waals surface area contributed by atoms with E-state index in [1.54, 1.807) is 12.4 Å². The van der Waals surface area contributed by atoms with Gasteiger partial charge in [0, 0.05) is 30.8 Å². The van der Waals surface area contributed by atoms with Gasteiger partial charge in [-0.3, -0.25) is 0 Å². The van der Waals surface area contributed by atoms with Crippen molar-refractivity contribution in [1.82, 2.24) is 9.97 Å². The van der Waals surface area contributed by atoms with E-state index in [0.717, 1.165) is 17.2 Å². The fourth-order valence-corrected chi connectivity index (χ4v) is 1.48. The third-order valence-electron chi connectivity index (χ3n) is 2.31. The van der Waals surface area contributed by atoms with Crippen molar-refractivity contribution in [2.45, 2.75) is 6.54 Å². The maximum Gasteiger partial charge on any atom is 0.147 e. The number of anilines is 2. The molecular weight excluding hydrogens is 200 g/mol. The van der Waals surface area contributed by atoms with E-state index >= 15 is 0 Å². The van der Waals surface area contributed by atoms with E-state index in [1.165, 1.54) is 0 Å². The summed E-state index contributed by atoms with van der Waals surface area (Å²) >= 11 is 0. The van der Waals surface area contributed by atoms with Gasteiger partial charge in [-0.05, 0) is 24.3 Å². The van der Waals surface area contributed by atoms with Gasteiger partial charge in [0.2, 0.25) is 0 Å². The Hall–Kier alpha value is -2.10. The predicted molar refractivity (Wildman–Crippen MR) is 65.0 cm³/mol. The van der Waals surface area contributed by atoms with Gasteiger partial charge in [-0.1, -0.05) is 6.07 Å². The van der Waals surface area contributed by atoms with Crippen LogP contribution in [0.4, 0.5) is 11.4 Å². The van der Waals surface area contributed by atoms with Crippen LogP contribution in [0.25, 0.3) is 0 Å². The topological polar surface area (TPSA) is 55.0 Å². The van der Waals surface area contributed by atoms with Gasteiger partial charge in [-0.15, -0.1) is 0 Å². The SMILES string of the molecule is CN(Cc1ncccn1)c1cccc(N)c1. The maximum atomic E-state index is 5.73. The van der Waals surface area contributed by atoms with Crippen molar-refractivity contribution in [2.24, 2.45) is 0 Å². The van der Waals surface area contributed by atoms with E-state index in [0.29, 0.717) is 6.54 Å². The van der Waals surface area contributed by atoms with Crippen molar-refractivity contribution < 1.29 is 0 Å². The molecule has 0 bridgehead atoms. The zero-order valence-corrected chi connectivity index (χ0v) is 9.17. The minimum absolute atomic E-state index is 0.671. The zero-order valence-electron chi connectivity index (χ0n) is 9.17. The zero-order chi connectivity index (χ0) is 11.4. The summed E-state index contributed by atoms with van der Waals surface area (Å²) in [6.45, 7) is 0.671. The number of hydrogen-bond donors (Lipinski definition) is 1. The van der Waals surface area contributed by atoms with Gasteiger partial charge in [0.1, 0.15) is 5.82 Å². The van der Waals surface area contributed by atoms with Crippen LogP contribution in [0.2, 0.25) is 0 Å². The minimum atomic E-state index is 0.671. The van der Waals surface area contributed by atoms with Crippen molar-refractivity contribution in [2.75, 3.05) is 17.7 Å². The average molecular weight is 214 g/mol. The van der Waals surface area contributed by atoms with Gasteiger partial charge in [-0.2, -0.15) is 0 Å². The third kappa shape index (κ3) is 2.48. The van der Waals surface area contributed by atoms with Gasteiger partial charge in [-0.25, -0.2) is 9.97 Å². The molecular formula is C12H14N4. The molecule has 1 aromatic carbocycles. The predicted octanol–water partition coefficient (Wildman–Crippen LogP) is 1.70. The molecule has 82 valence electrons. The molecule has 0 aliphatic heterocycles. The van der Waals surface area contributed by atoms with Crippen LogP contribution in [-0.4, -0.2) is 17.0 Å². The lowest BCUT2D eigenvalue weighted by atomic mass is 10.2. The first-order valence-corrected chi connectivity index (χ1v) is 5.08. The van der Waals surface area contributed by atoms with Gasteiger partial charge in [0.25, 0.3) is 0 Å². The standard InChI is InChI=1S/C12H14N4/c1-16(9-12-14-6-3-7-15-12)11-5-2-4-10(13)8-11/h2-8H,9,13H2,1H3. The Labute approximate surface area is 94.8 Å². The van der Waals surface area contributed by atoms with Gasteiger partial charge < -0.3 is 10.6 Å². The molecule has 0 atom stereocenters. The lowest BCUT2D eigenvalue weighted by molar-refractivity contribution is 0.837. The Morgan fingerprint density at radius 1 is 1.19 bits per heavy atom. The quantitative estimate of drug-likeness (QED) is 0.790. The van der Waals surface area contributed by atoms with Crippen LogP contribution >= 0.6 is 0 Å². The number of nitrogens with two attached hydrogens (primary N) is 1. The molecule has 1 heterocycles. The Bertz CT molecular complexity index is 456. The minimum Gasteiger partial charge on any atom is -0.399 e. The molecule has 0 radical (unpaired) electrons. The highest BCUT2D eigenvalue weighted by Crippen LogP contribution is 2.16. The summed E-state index contributed by atoms with van der Waals surface area (Å²) in [4.78, 5) is 10.4. The molecule has 1 aromatic heterocycles. The summed E-state index contributed by atoms with van der Waals surface area (Å²) in [5, 5.41) is 0. The molecule has 4 nitrogen and oxygen atoms in total. The number of nitrogens with zero attached hydrogens (tertiary/aromatic N) is 3. The van der Waals surface area contributed by atoms with Crippen LogP contribution in [0.1, 0.15) is 5.82 Å². The summed E-state index contributed by atoms with van der Waals surface area (Å²) in [5.74, 6) is 0.799. The van der Waals surface area contributed by atoms with Gasteiger partial charge in [0.15, 0.2) is 0 Å². The highest BCUT2D eigenvalue weighted by atomic mass is 15.1. The molecule has 0 unspecified atom stereocenters. The van der Waals surface area contributed by atoms with Crippen molar-refractivity contribution in [3.8, 4) is 0 Å². The van der Waals surface area contributed by atoms with E-state index in [4.69, 9.17) is 5.73 Å². The number of aromatic nitrogens is 2. The Balaban J connectivity index is 2.12. The fourth-order valence-electron chi connectivity index (χ4n) is 1.48. The molecule has 4 heteroatoms. The van der Waals surface area contributed by atoms with Gasteiger partial charge in [0.05, 0.1) is 6.54 Å². The molecule has 2 aromatic rings. The summed E-state index contributed by atoms with van der Waals surface area (Å²) in [6.07, 6.45) is 3.49. The Morgan fingerprint density at radius 2 is 1.94 bits per heavy atom. The molecule has 0 aliphatic rings. The average Bonchev–Trinajstić information content (AvgIpc) is 2.30. The third-order valence-corrected chi connectivity index (χ3v) is 2.31. The van der Waals surface area contributed by atoms with Crippen LogP contribution in [0.5, 0.6) is 0 Å². The first kappa shape index (κ1) is 10.4. The molecule has 16 heavy (non-hydrogen) atoms. The van der Waals surface area contributed by atoms with Crippen molar-refractivity contribution in [3.05, 3.63) is 48.5 Å². The van der Waals surface area contributed by atoms with Crippen molar-refractivity contribution in [1.29, 1.82) is 0 Å². The molecule has 0 saturated carbocycles. The van der Waals surface area contributed by atoms with E-state index < -0.39 is 0 Å². The molecule has 0 spiro atoms. The van der Waals surface area contributed by atoms with E-state index in [2.05, 4.69) is 14.9 Å². The molecule has 2 N–H and O–H groups in total. The van der Waals surface area contributed by atoms with E-state index in [1.807, 2.05) is 37.4 Å². The van der Waals surface area contributed by atoms with Crippen LogP contribution in [0.15, 0.2) is 42.7 Å². The molecule has 0 aliphatic carbocycles. The molecule has 0 amide bonds. The lowest BCUT2D eigenvalue weighted by Crippen LogP contribution is -2.18. The van der Waals surface area contributed by atoms with Crippen molar-refractivity contribution >= 4 is 11.4 Å². The number of benzene rings is 1. The van der Waals surface area contributed by atoms with Gasteiger partial charge >= 0.3 is 0 Å². The summed E-state index contributed by atoms with van der Waals surface area (Å²) in [6, 6.07) is 9.57. The summed E-state index contributed by atoms with van der Waals surface area (Å²) in [7, 11) is 1.99. The number of hydrogen-bond acceptors (Lipinski definition) is 4. The Kier molecular flexibility index (Phi) is 3.00. The highest BCUT2D eigenvalue weighted by molar-refractivity contribution is 5.55. The summed E-state index contributed by atoms with van der Waals surface area (Å²) in [5.41, 5.74) is 7.56. The molecule has 0 saturated heterocycles. The second kappa shape index (κ2) is 4.61. The molecule has 2 rings (SSSR count). The van der Waals surface area contributed by atoms with E-state index in [-0.39, 0.29) is 0 Å². The van der Waals surface area contributed by atoms with Crippen LogP contribution in [-0.2, 0) is 6.54 Å². The number of rotatable bonds is 3. The van der Waals surface area contributed by atoms with Crippen molar-refractivity contribution in [3.63, 3.8) is 0 Å². The first-order valence-electron chi connectivity index (χ1n) is 5.08. The second-order valence-corrected chi connectivity index (χ2v) is 3.62. The normalized spacial score (nSPS) is 10.1. The van der Waals surface area contributed by atoms with E-state index in [9.17, 15) is 0 Å². The highest BCUT2D eigenvalue weighted by Gasteiger charge is 2.03. The Morgan fingerprint density at radius 3 is 2.62 bits per heavy atom. The smallest absolute Gasteiger partial charge is 0.147 e. The van der Waals surface area contributed by atoms with Crippen LogP contribution in [0, 0.1) is 0 Å². The summed E-state index contributed by atoms with van der Waals surface area (Å²) < 4.78 is 0. The monoisotopic (exact) mass is 214 g/mol. The van der Waals surface area contributed by atoms with Crippen LogP contribution in [0.3, 0.4) is 0 Å². The maximum absolute atomic E-state index is 5.73. The first-order chi connectivity index (χ1) is 7.75. The largest absolute Gasteiger partial charge is 0.399 e. The second-order valence-electron chi connectivity index (χ2n) is 3.62.